The molecule has 3 heterocycles. The van der Waals surface area contributed by atoms with E-state index in [1.54, 1.807) is 0 Å². The molecule has 1 aliphatic heterocycles. The van der Waals surface area contributed by atoms with Crippen LogP contribution in [0.4, 0.5) is 0 Å². The second-order valence-corrected chi connectivity index (χ2v) is 7.27. The van der Waals surface area contributed by atoms with Crippen molar-refractivity contribution in [2.24, 2.45) is 0 Å². The lowest BCUT2D eigenvalue weighted by molar-refractivity contribution is -0.120. The zero-order valence-corrected chi connectivity index (χ0v) is 16.0. The van der Waals surface area contributed by atoms with E-state index >= 15 is 0 Å². The number of hydrogen-bond donors (Lipinski definition) is 3. The summed E-state index contributed by atoms with van der Waals surface area (Å²) < 4.78 is 0. The summed E-state index contributed by atoms with van der Waals surface area (Å²) >= 11 is 1.53. The molecule has 2 aromatic rings. The van der Waals surface area contributed by atoms with Gasteiger partial charge in [-0.25, -0.2) is 4.98 Å². The van der Waals surface area contributed by atoms with Crippen LogP contribution in [0, 0.1) is 13.8 Å². The second kappa shape index (κ2) is 8.60. The molecule has 0 aliphatic carbocycles. The number of thiophene rings is 1. The summed E-state index contributed by atoms with van der Waals surface area (Å²) in [7, 11) is 0. The van der Waals surface area contributed by atoms with Gasteiger partial charge in [-0.05, 0) is 32.4 Å². The van der Waals surface area contributed by atoms with Crippen molar-refractivity contribution in [2.45, 2.75) is 33.1 Å². The van der Waals surface area contributed by atoms with Gasteiger partial charge in [0.2, 0.25) is 5.91 Å². The summed E-state index contributed by atoms with van der Waals surface area (Å²) in [5.41, 5.74) is 2.14. The van der Waals surface area contributed by atoms with Crippen molar-refractivity contribution in [1.82, 2.24) is 20.6 Å². The second-order valence-electron chi connectivity index (χ2n) is 6.07. The maximum Gasteiger partial charge on any atom is 0.259 e. The molecule has 3 N–H and O–H groups in total. The summed E-state index contributed by atoms with van der Waals surface area (Å²) in [4.78, 5) is 33.4. The minimum absolute atomic E-state index is 0. The highest BCUT2D eigenvalue weighted by atomic mass is 35.5. The van der Waals surface area contributed by atoms with E-state index in [2.05, 4.69) is 26.7 Å². The molecule has 6 nitrogen and oxygen atoms in total. The molecule has 0 bridgehead atoms. The molecule has 0 saturated carbocycles. The summed E-state index contributed by atoms with van der Waals surface area (Å²) in [5, 5.41) is 6.85. The summed E-state index contributed by atoms with van der Waals surface area (Å²) in [6, 6.07) is 0. The first kappa shape index (κ1) is 19.6. The summed E-state index contributed by atoms with van der Waals surface area (Å²) in [6.45, 7) is 6.37. The van der Waals surface area contributed by atoms with E-state index in [4.69, 9.17) is 0 Å². The van der Waals surface area contributed by atoms with Crippen LogP contribution in [0.2, 0.25) is 0 Å². The molecule has 136 valence electrons. The van der Waals surface area contributed by atoms with Gasteiger partial charge in [0.15, 0.2) is 0 Å². The predicted molar refractivity (Wildman–Crippen MR) is 104 cm³/mol. The molecule has 0 fully saturated rings. The number of hydrogen-bond acceptors (Lipinski definition) is 5. The van der Waals surface area contributed by atoms with Gasteiger partial charge in [0, 0.05) is 30.8 Å². The van der Waals surface area contributed by atoms with E-state index in [1.165, 1.54) is 16.9 Å². The quantitative estimate of drug-likeness (QED) is 0.690. The molecule has 1 amide bonds. The monoisotopic (exact) mass is 382 g/mol. The van der Waals surface area contributed by atoms with Gasteiger partial charge >= 0.3 is 0 Å². The van der Waals surface area contributed by atoms with Crippen LogP contribution in [-0.2, 0) is 11.2 Å². The van der Waals surface area contributed by atoms with Crippen molar-refractivity contribution < 1.29 is 4.79 Å². The highest BCUT2D eigenvalue weighted by Crippen LogP contribution is 2.25. The van der Waals surface area contributed by atoms with E-state index in [0.29, 0.717) is 30.6 Å². The molecule has 2 aromatic heterocycles. The van der Waals surface area contributed by atoms with Gasteiger partial charge in [-0.2, -0.15) is 0 Å². The highest BCUT2D eigenvalue weighted by molar-refractivity contribution is 7.18. The molecule has 0 atom stereocenters. The molecular formula is C17H23ClN4O2S. The highest BCUT2D eigenvalue weighted by Gasteiger charge is 2.13. The Labute approximate surface area is 156 Å². The number of aromatic amines is 1. The van der Waals surface area contributed by atoms with Crippen LogP contribution >= 0.6 is 23.7 Å². The van der Waals surface area contributed by atoms with Crippen molar-refractivity contribution >= 4 is 39.9 Å². The van der Waals surface area contributed by atoms with Gasteiger partial charge in [0.1, 0.15) is 10.7 Å². The number of nitrogens with zero attached hydrogens (tertiary/aromatic N) is 1. The molecule has 0 radical (unpaired) electrons. The SMILES string of the molecule is Cc1sc2nc(CCC(=O)NCC3=CCNCC3)[nH]c(=O)c2c1C.Cl. The maximum atomic E-state index is 12.2. The van der Waals surface area contributed by atoms with Crippen molar-refractivity contribution in [3.05, 3.63) is 38.3 Å². The van der Waals surface area contributed by atoms with Crippen LogP contribution in [0.5, 0.6) is 0 Å². The average Bonchev–Trinajstić information content (AvgIpc) is 2.86. The Morgan fingerprint density at radius 3 is 2.92 bits per heavy atom. The van der Waals surface area contributed by atoms with Gasteiger partial charge in [-0.15, -0.1) is 23.7 Å². The predicted octanol–water partition coefficient (Wildman–Crippen LogP) is 1.99. The van der Waals surface area contributed by atoms with Crippen molar-refractivity contribution in [2.75, 3.05) is 19.6 Å². The third kappa shape index (κ3) is 4.68. The van der Waals surface area contributed by atoms with Crippen LogP contribution < -0.4 is 16.2 Å². The molecule has 0 unspecified atom stereocenters. The number of amides is 1. The number of aromatic nitrogens is 2. The third-order valence-electron chi connectivity index (χ3n) is 4.35. The Bertz CT molecular complexity index is 856. The molecule has 3 rings (SSSR count). The molecule has 8 heteroatoms. The van der Waals surface area contributed by atoms with E-state index in [-0.39, 0.29) is 23.9 Å². The van der Waals surface area contributed by atoms with Crippen LogP contribution in [0.3, 0.4) is 0 Å². The Hall–Kier alpha value is -1.70. The van der Waals surface area contributed by atoms with Gasteiger partial charge in [-0.3, -0.25) is 9.59 Å². The number of nitrogens with one attached hydrogen (secondary N) is 3. The first-order chi connectivity index (χ1) is 11.5. The lowest BCUT2D eigenvalue weighted by atomic mass is 10.1. The first-order valence-electron chi connectivity index (χ1n) is 8.19. The van der Waals surface area contributed by atoms with Crippen LogP contribution in [-0.4, -0.2) is 35.5 Å². The normalized spacial score (nSPS) is 14.1. The van der Waals surface area contributed by atoms with Gasteiger partial charge in [-0.1, -0.05) is 11.6 Å². The lowest BCUT2D eigenvalue weighted by Crippen LogP contribution is -2.30. The van der Waals surface area contributed by atoms with Crippen LogP contribution in [0.15, 0.2) is 16.4 Å². The third-order valence-corrected chi connectivity index (χ3v) is 5.45. The zero-order chi connectivity index (χ0) is 17.1. The maximum absolute atomic E-state index is 12.2. The van der Waals surface area contributed by atoms with Crippen LogP contribution in [0.1, 0.15) is 29.1 Å². The van der Waals surface area contributed by atoms with Crippen LogP contribution in [0.25, 0.3) is 10.2 Å². The Morgan fingerprint density at radius 1 is 1.40 bits per heavy atom. The number of carbonyl (C=O) groups excluding carboxylic acids is 1. The number of fused-ring (bicyclic) bond motifs is 1. The fourth-order valence-corrected chi connectivity index (χ4v) is 3.83. The topological polar surface area (TPSA) is 86.9 Å². The molecule has 0 aromatic carbocycles. The minimum atomic E-state index is -0.114. The summed E-state index contributed by atoms with van der Waals surface area (Å²) in [5.74, 6) is 0.556. The number of aryl methyl sites for hydroxylation is 3. The van der Waals surface area contributed by atoms with Crippen molar-refractivity contribution in [3.8, 4) is 0 Å². The largest absolute Gasteiger partial charge is 0.352 e. The molecule has 0 saturated heterocycles. The van der Waals surface area contributed by atoms with E-state index in [9.17, 15) is 9.59 Å². The smallest absolute Gasteiger partial charge is 0.259 e. The molecule has 25 heavy (non-hydrogen) atoms. The van der Waals surface area contributed by atoms with Crippen molar-refractivity contribution in [1.29, 1.82) is 0 Å². The van der Waals surface area contributed by atoms with Gasteiger partial charge < -0.3 is 15.6 Å². The molecule has 1 aliphatic rings. The molecular weight excluding hydrogens is 360 g/mol. The van der Waals surface area contributed by atoms with E-state index < -0.39 is 0 Å². The number of halogens is 1. The first-order valence-corrected chi connectivity index (χ1v) is 9.00. The Balaban J connectivity index is 0.00000225. The minimum Gasteiger partial charge on any atom is -0.352 e. The fourth-order valence-electron chi connectivity index (χ4n) is 2.78. The average molecular weight is 383 g/mol. The number of carbonyl (C=O) groups is 1. The molecule has 0 spiro atoms. The zero-order valence-electron chi connectivity index (χ0n) is 14.4. The van der Waals surface area contributed by atoms with Gasteiger partial charge in [0.05, 0.1) is 5.39 Å². The van der Waals surface area contributed by atoms with Crippen molar-refractivity contribution in [3.63, 3.8) is 0 Å². The van der Waals surface area contributed by atoms with E-state index in [1.807, 2.05) is 13.8 Å². The van der Waals surface area contributed by atoms with E-state index in [0.717, 1.165) is 34.8 Å². The fraction of sp³-hybridized carbons (Fsp3) is 0.471. The Morgan fingerprint density at radius 2 is 2.20 bits per heavy atom. The van der Waals surface area contributed by atoms with Gasteiger partial charge in [0.25, 0.3) is 5.56 Å². The number of H-pyrrole nitrogens is 1. The lowest BCUT2D eigenvalue weighted by Gasteiger charge is -2.14. The Kier molecular flexibility index (Phi) is 6.75. The standard InChI is InChI=1S/C17H22N4O2S.ClH/c1-10-11(2)24-17-15(10)16(23)20-13(21-17)3-4-14(22)19-9-12-5-7-18-8-6-12;/h5,18H,3-4,6-9H2,1-2H3,(H,19,22)(H,20,21,23);1H. The summed E-state index contributed by atoms with van der Waals surface area (Å²) in [6.07, 6.45) is 3.86. The number of rotatable bonds is 5.